The molecule has 0 spiro atoms. The second-order valence-corrected chi connectivity index (χ2v) is 5.14. The standard InChI is InChI=1S/C15H16N2O/c1-10-4-5-11-8-12(6-7-13(11)17-10)14(18)15(2,3)9-16/h4-8,14,18H,1-3H3. The Hall–Kier alpha value is -1.92. The minimum absolute atomic E-state index is 0.750. The van der Waals surface area contributed by atoms with E-state index < -0.39 is 11.5 Å². The topological polar surface area (TPSA) is 56.9 Å². The highest BCUT2D eigenvalue weighted by atomic mass is 16.3. The first-order valence-corrected chi connectivity index (χ1v) is 5.91. The number of hydrogen-bond donors (Lipinski definition) is 1. The number of benzene rings is 1. The number of pyridine rings is 1. The van der Waals surface area contributed by atoms with Crippen LogP contribution in [-0.2, 0) is 0 Å². The Bertz CT molecular complexity index is 626. The van der Waals surface area contributed by atoms with Crippen LogP contribution in [0.2, 0.25) is 0 Å². The first-order chi connectivity index (χ1) is 8.44. The van der Waals surface area contributed by atoms with Gasteiger partial charge in [-0.05, 0) is 44.5 Å². The lowest BCUT2D eigenvalue weighted by molar-refractivity contribution is 0.0869. The lowest BCUT2D eigenvalue weighted by Crippen LogP contribution is -2.19. The molecule has 1 aromatic heterocycles. The molecule has 2 rings (SSSR count). The van der Waals surface area contributed by atoms with Crippen molar-refractivity contribution in [2.75, 3.05) is 0 Å². The van der Waals surface area contributed by atoms with Crippen LogP contribution < -0.4 is 0 Å². The second-order valence-electron chi connectivity index (χ2n) is 5.14. The largest absolute Gasteiger partial charge is 0.387 e. The van der Waals surface area contributed by atoms with Crippen molar-refractivity contribution in [1.82, 2.24) is 4.98 Å². The van der Waals surface area contributed by atoms with Crippen molar-refractivity contribution >= 4 is 10.9 Å². The smallest absolute Gasteiger partial charge is 0.0971 e. The third kappa shape index (κ3) is 2.20. The number of aliphatic hydroxyl groups is 1. The number of nitrogens with zero attached hydrogens (tertiary/aromatic N) is 2. The quantitative estimate of drug-likeness (QED) is 0.877. The summed E-state index contributed by atoms with van der Waals surface area (Å²) in [5.74, 6) is 0. The molecule has 92 valence electrons. The number of rotatable bonds is 2. The first kappa shape index (κ1) is 12.5. The lowest BCUT2D eigenvalue weighted by Gasteiger charge is -2.23. The van der Waals surface area contributed by atoms with Gasteiger partial charge >= 0.3 is 0 Å². The van der Waals surface area contributed by atoms with Gasteiger partial charge in [0.2, 0.25) is 0 Å². The molecule has 0 aliphatic heterocycles. The van der Waals surface area contributed by atoms with Crippen molar-refractivity contribution < 1.29 is 5.11 Å². The molecule has 1 unspecified atom stereocenters. The summed E-state index contributed by atoms with van der Waals surface area (Å²) in [6.07, 6.45) is -0.798. The SMILES string of the molecule is Cc1ccc2cc(C(O)C(C)(C)C#N)ccc2n1. The zero-order valence-corrected chi connectivity index (χ0v) is 10.8. The van der Waals surface area contributed by atoms with Gasteiger partial charge < -0.3 is 5.11 Å². The van der Waals surface area contributed by atoms with Crippen molar-refractivity contribution in [3.63, 3.8) is 0 Å². The van der Waals surface area contributed by atoms with E-state index in [1.54, 1.807) is 13.8 Å². The number of nitriles is 1. The van der Waals surface area contributed by atoms with Crippen LogP contribution in [0.5, 0.6) is 0 Å². The maximum absolute atomic E-state index is 10.2. The third-order valence-corrected chi connectivity index (χ3v) is 3.14. The summed E-state index contributed by atoms with van der Waals surface area (Å²) in [4.78, 5) is 4.41. The van der Waals surface area contributed by atoms with Crippen LogP contribution in [0.3, 0.4) is 0 Å². The summed E-state index contributed by atoms with van der Waals surface area (Å²) in [6.45, 7) is 5.41. The molecule has 1 heterocycles. The Morgan fingerprint density at radius 1 is 1.28 bits per heavy atom. The highest BCUT2D eigenvalue weighted by Gasteiger charge is 2.29. The van der Waals surface area contributed by atoms with E-state index >= 15 is 0 Å². The zero-order chi connectivity index (χ0) is 13.3. The Labute approximate surface area is 107 Å². The Morgan fingerprint density at radius 2 is 2.00 bits per heavy atom. The van der Waals surface area contributed by atoms with E-state index in [0.29, 0.717) is 0 Å². The summed E-state index contributed by atoms with van der Waals surface area (Å²) >= 11 is 0. The zero-order valence-electron chi connectivity index (χ0n) is 10.8. The van der Waals surface area contributed by atoms with Crippen LogP contribution in [0, 0.1) is 23.7 Å². The Balaban J connectivity index is 2.48. The van der Waals surface area contributed by atoms with E-state index in [0.717, 1.165) is 22.2 Å². The van der Waals surface area contributed by atoms with E-state index in [1.807, 2.05) is 37.3 Å². The summed E-state index contributed by atoms with van der Waals surface area (Å²) in [7, 11) is 0. The maximum atomic E-state index is 10.2. The van der Waals surface area contributed by atoms with E-state index in [4.69, 9.17) is 5.26 Å². The van der Waals surface area contributed by atoms with Gasteiger partial charge in [0, 0.05) is 11.1 Å². The minimum Gasteiger partial charge on any atom is -0.387 e. The Morgan fingerprint density at radius 3 is 2.67 bits per heavy atom. The molecule has 1 atom stereocenters. The van der Waals surface area contributed by atoms with Crippen molar-refractivity contribution in [2.24, 2.45) is 5.41 Å². The van der Waals surface area contributed by atoms with E-state index in [1.165, 1.54) is 0 Å². The number of fused-ring (bicyclic) bond motifs is 1. The monoisotopic (exact) mass is 240 g/mol. The average Bonchev–Trinajstić information content (AvgIpc) is 2.37. The molecule has 18 heavy (non-hydrogen) atoms. The van der Waals surface area contributed by atoms with Crippen LogP contribution >= 0.6 is 0 Å². The van der Waals surface area contributed by atoms with Crippen molar-refractivity contribution in [3.05, 3.63) is 41.6 Å². The summed E-state index contributed by atoms with van der Waals surface area (Å²) in [6, 6.07) is 11.7. The molecule has 0 bridgehead atoms. The molecule has 0 saturated carbocycles. The third-order valence-electron chi connectivity index (χ3n) is 3.14. The molecule has 0 aliphatic rings. The van der Waals surface area contributed by atoms with Crippen LogP contribution in [0.15, 0.2) is 30.3 Å². The van der Waals surface area contributed by atoms with Gasteiger partial charge in [-0.25, -0.2) is 0 Å². The molecule has 3 nitrogen and oxygen atoms in total. The first-order valence-electron chi connectivity index (χ1n) is 5.91. The van der Waals surface area contributed by atoms with Gasteiger partial charge in [-0.3, -0.25) is 4.98 Å². The van der Waals surface area contributed by atoms with Crippen LogP contribution in [0.4, 0.5) is 0 Å². The molecule has 0 radical (unpaired) electrons. The predicted molar refractivity (Wildman–Crippen MR) is 70.8 cm³/mol. The molecular weight excluding hydrogens is 224 g/mol. The Kier molecular flexibility index (Phi) is 3.06. The number of aliphatic hydroxyl groups excluding tert-OH is 1. The highest BCUT2D eigenvalue weighted by Crippen LogP contribution is 2.33. The molecule has 1 N–H and O–H groups in total. The lowest BCUT2D eigenvalue weighted by atomic mass is 9.84. The van der Waals surface area contributed by atoms with E-state index in [2.05, 4.69) is 11.1 Å². The molecular formula is C15H16N2O. The van der Waals surface area contributed by atoms with Crippen LogP contribution in [0.25, 0.3) is 10.9 Å². The average molecular weight is 240 g/mol. The van der Waals surface area contributed by atoms with Gasteiger partial charge in [-0.2, -0.15) is 5.26 Å². The van der Waals surface area contributed by atoms with Crippen molar-refractivity contribution in [1.29, 1.82) is 5.26 Å². The molecule has 2 aromatic rings. The maximum Gasteiger partial charge on any atom is 0.0971 e. The fourth-order valence-electron chi connectivity index (χ4n) is 1.89. The molecule has 0 aliphatic carbocycles. The highest BCUT2D eigenvalue weighted by molar-refractivity contribution is 5.79. The normalized spacial score (nSPS) is 13.3. The molecule has 1 aromatic carbocycles. The predicted octanol–water partition coefficient (Wildman–Crippen LogP) is 3.13. The van der Waals surface area contributed by atoms with E-state index in [-0.39, 0.29) is 0 Å². The fourth-order valence-corrected chi connectivity index (χ4v) is 1.89. The summed E-state index contributed by atoms with van der Waals surface area (Å²) in [5, 5.41) is 20.3. The number of hydrogen-bond acceptors (Lipinski definition) is 3. The van der Waals surface area contributed by atoms with Gasteiger partial charge in [0.1, 0.15) is 0 Å². The minimum atomic E-state index is -0.800. The van der Waals surface area contributed by atoms with Gasteiger partial charge in [0.25, 0.3) is 0 Å². The van der Waals surface area contributed by atoms with Crippen molar-refractivity contribution in [2.45, 2.75) is 26.9 Å². The number of aryl methyl sites for hydroxylation is 1. The van der Waals surface area contributed by atoms with Crippen molar-refractivity contribution in [3.8, 4) is 6.07 Å². The van der Waals surface area contributed by atoms with Gasteiger partial charge in [0.15, 0.2) is 0 Å². The molecule has 0 fully saturated rings. The van der Waals surface area contributed by atoms with Crippen LogP contribution in [-0.4, -0.2) is 10.1 Å². The summed E-state index contributed by atoms with van der Waals surface area (Å²) < 4.78 is 0. The molecule has 0 saturated heterocycles. The van der Waals surface area contributed by atoms with Gasteiger partial charge in [-0.1, -0.05) is 12.1 Å². The van der Waals surface area contributed by atoms with Crippen LogP contribution in [0.1, 0.15) is 31.2 Å². The second kappa shape index (κ2) is 4.40. The summed E-state index contributed by atoms with van der Waals surface area (Å²) in [5.41, 5.74) is 1.82. The van der Waals surface area contributed by atoms with E-state index in [9.17, 15) is 5.11 Å². The fraction of sp³-hybridized carbons (Fsp3) is 0.333. The molecule has 3 heteroatoms. The van der Waals surface area contributed by atoms with Gasteiger partial charge in [0.05, 0.1) is 23.1 Å². The van der Waals surface area contributed by atoms with Gasteiger partial charge in [-0.15, -0.1) is 0 Å². The number of aromatic nitrogens is 1. The molecule has 0 amide bonds.